The normalized spacial score (nSPS) is 23.6. The summed E-state index contributed by atoms with van der Waals surface area (Å²) in [7, 11) is -1.74. The molecule has 2 aliphatic heterocycles. The summed E-state index contributed by atoms with van der Waals surface area (Å²) in [5.41, 5.74) is 0.976. The van der Waals surface area contributed by atoms with Crippen molar-refractivity contribution >= 4 is 16.0 Å². The van der Waals surface area contributed by atoms with Gasteiger partial charge >= 0.3 is 0 Å². The molecule has 2 saturated heterocycles. The molecule has 1 atom stereocenters. The van der Waals surface area contributed by atoms with Gasteiger partial charge in [-0.2, -0.15) is 17.0 Å². The van der Waals surface area contributed by atoms with Gasteiger partial charge in [-0.25, -0.2) is 4.98 Å². The lowest BCUT2D eigenvalue weighted by atomic mass is 10.1. The molecule has 0 bridgehead atoms. The number of rotatable bonds is 4. The Morgan fingerprint density at radius 1 is 1.25 bits per heavy atom. The molecule has 0 unspecified atom stereocenters. The third-order valence-electron chi connectivity index (χ3n) is 4.77. The molecule has 0 spiro atoms. The minimum Gasteiger partial charge on any atom is -0.379 e. The summed E-state index contributed by atoms with van der Waals surface area (Å²) in [5, 5.41) is 0. The number of hydrogen-bond acceptors (Lipinski definition) is 5. The molecule has 24 heavy (non-hydrogen) atoms. The van der Waals surface area contributed by atoms with Crippen molar-refractivity contribution in [2.24, 2.45) is 0 Å². The maximum Gasteiger partial charge on any atom is 0.282 e. The van der Waals surface area contributed by atoms with Crippen LogP contribution in [-0.2, 0) is 14.9 Å². The fourth-order valence-corrected chi connectivity index (χ4v) is 4.84. The highest BCUT2D eigenvalue weighted by molar-refractivity contribution is 7.86. The molecule has 134 valence electrons. The van der Waals surface area contributed by atoms with Crippen LogP contribution in [0.4, 0.5) is 5.82 Å². The van der Waals surface area contributed by atoms with Gasteiger partial charge in [-0.1, -0.05) is 6.07 Å². The summed E-state index contributed by atoms with van der Waals surface area (Å²) in [4.78, 5) is 6.76. The second kappa shape index (κ2) is 7.35. The largest absolute Gasteiger partial charge is 0.379 e. The predicted octanol–water partition coefficient (Wildman–Crippen LogP) is 0.868. The van der Waals surface area contributed by atoms with Gasteiger partial charge < -0.3 is 9.64 Å². The van der Waals surface area contributed by atoms with E-state index in [0.717, 1.165) is 30.9 Å². The zero-order chi connectivity index (χ0) is 17.2. The van der Waals surface area contributed by atoms with E-state index in [1.54, 1.807) is 11.4 Å². The zero-order valence-electron chi connectivity index (χ0n) is 14.4. The van der Waals surface area contributed by atoms with Gasteiger partial charge in [-0.05, 0) is 31.9 Å². The Balaban J connectivity index is 1.71. The standard InChI is InChI=1S/C16H26N4O3S/c1-14-5-3-7-16(17-14)19-8-4-6-15(13-19)18(2)24(21,22)20-9-11-23-12-10-20/h3,5,7,15H,4,6,8-13H2,1-2H3/t15-/m1/s1. The number of nitrogens with zero attached hydrogens (tertiary/aromatic N) is 4. The summed E-state index contributed by atoms with van der Waals surface area (Å²) in [6, 6.07) is 5.93. The topological polar surface area (TPSA) is 66.0 Å². The maximum absolute atomic E-state index is 12.8. The van der Waals surface area contributed by atoms with Gasteiger partial charge in [0.25, 0.3) is 10.2 Å². The Hall–Kier alpha value is -1.22. The monoisotopic (exact) mass is 354 g/mol. The first kappa shape index (κ1) is 17.6. The first-order valence-corrected chi connectivity index (χ1v) is 9.87. The molecule has 2 fully saturated rings. The summed E-state index contributed by atoms with van der Waals surface area (Å²) in [5.74, 6) is 0.928. The van der Waals surface area contributed by atoms with Crippen molar-refractivity contribution in [1.82, 2.24) is 13.6 Å². The third kappa shape index (κ3) is 3.72. The molecule has 7 nitrogen and oxygen atoms in total. The van der Waals surface area contributed by atoms with Crippen molar-refractivity contribution in [1.29, 1.82) is 0 Å². The summed E-state index contributed by atoms with van der Waals surface area (Å²) >= 11 is 0. The van der Waals surface area contributed by atoms with E-state index in [0.29, 0.717) is 32.8 Å². The zero-order valence-corrected chi connectivity index (χ0v) is 15.2. The molecule has 0 amide bonds. The summed E-state index contributed by atoms with van der Waals surface area (Å²) < 4.78 is 34.0. The molecule has 1 aromatic rings. The Bertz CT molecular complexity index is 661. The maximum atomic E-state index is 12.8. The predicted molar refractivity (Wildman–Crippen MR) is 93.3 cm³/mol. The molecular formula is C16H26N4O3S. The fraction of sp³-hybridized carbons (Fsp3) is 0.688. The van der Waals surface area contributed by atoms with Crippen LogP contribution in [0, 0.1) is 6.92 Å². The van der Waals surface area contributed by atoms with E-state index in [-0.39, 0.29) is 6.04 Å². The molecular weight excluding hydrogens is 328 g/mol. The van der Waals surface area contributed by atoms with Crippen molar-refractivity contribution in [3.05, 3.63) is 23.9 Å². The molecule has 0 saturated carbocycles. The first-order chi connectivity index (χ1) is 11.5. The quantitative estimate of drug-likeness (QED) is 0.803. The third-order valence-corrected chi connectivity index (χ3v) is 6.81. The van der Waals surface area contributed by atoms with E-state index in [2.05, 4.69) is 9.88 Å². The van der Waals surface area contributed by atoms with E-state index >= 15 is 0 Å². The molecule has 1 aromatic heterocycles. The second-order valence-corrected chi connectivity index (χ2v) is 8.40. The SMILES string of the molecule is Cc1cccc(N2CCC[C@@H](N(C)S(=O)(=O)N3CCOCC3)C2)n1. The molecule has 3 rings (SSSR count). The Morgan fingerprint density at radius 2 is 2.00 bits per heavy atom. The van der Waals surface area contributed by atoms with E-state index in [1.165, 1.54) is 4.31 Å². The Kier molecular flexibility index (Phi) is 5.39. The van der Waals surface area contributed by atoms with Gasteiger partial charge in [0.15, 0.2) is 0 Å². The average molecular weight is 354 g/mol. The number of pyridine rings is 1. The van der Waals surface area contributed by atoms with E-state index in [9.17, 15) is 8.42 Å². The van der Waals surface area contributed by atoms with Gasteiger partial charge in [0.2, 0.25) is 0 Å². The summed E-state index contributed by atoms with van der Waals surface area (Å²) in [6.45, 7) is 5.37. The number of likely N-dealkylation sites (N-methyl/N-ethyl adjacent to an activating group) is 1. The van der Waals surface area contributed by atoms with Crippen LogP contribution >= 0.6 is 0 Å². The smallest absolute Gasteiger partial charge is 0.282 e. The Labute approximate surface area is 144 Å². The van der Waals surface area contributed by atoms with Gasteiger partial charge in [0.05, 0.1) is 13.2 Å². The fourth-order valence-electron chi connectivity index (χ4n) is 3.31. The molecule has 2 aliphatic rings. The van der Waals surface area contributed by atoms with Crippen molar-refractivity contribution in [3.8, 4) is 0 Å². The van der Waals surface area contributed by atoms with Crippen molar-refractivity contribution in [2.75, 3.05) is 51.3 Å². The lowest BCUT2D eigenvalue weighted by Crippen LogP contribution is -2.54. The number of piperidine rings is 1. The molecule has 0 aromatic carbocycles. The van der Waals surface area contributed by atoms with E-state index in [4.69, 9.17) is 4.74 Å². The lowest BCUT2D eigenvalue weighted by Gasteiger charge is -2.39. The number of ether oxygens (including phenoxy) is 1. The number of aryl methyl sites for hydroxylation is 1. The number of morpholine rings is 1. The minimum absolute atomic E-state index is 0.0334. The molecule has 3 heterocycles. The van der Waals surface area contributed by atoms with Crippen LogP contribution < -0.4 is 4.90 Å². The number of hydrogen-bond donors (Lipinski definition) is 0. The van der Waals surface area contributed by atoms with Crippen LogP contribution in [0.2, 0.25) is 0 Å². The molecule has 0 N–H and O–H groups in total. The van der Waals surface area contributed by atoms with Gasteiger partial charge in [0.1, 0.15) is 5.82 Å². The number of aromatic nitrogens is 1. The van der Waals surface area contributed by atoms with Gasteiger partial charge in [-0.15, -0.1) is 0 Å². The van der Waals surface area contributed by atoms with Crippen molar-refractivity contribution < 1.29 is 13.2 Å². The second-order valence-electron chi connectivity index (χ2n) is 6.41. The van der Waals surface area contributed by atoms with Crippen LogP contribution in [0.1, 0.15) is 18.5 Å². The first-order valence-electron chi connectivity index (χ1n) is 8.48. The van der Waals surface area contributed by atoms with Crippen LogP contribution in [0.5, 0.6) is 0 Å². The van der Waals surface area contributed by atoms with E-state index in [1.807, 2.05) is 25.1 Å². The highest BCUT2D eigenvalue weighted by atomic mass is 32.2. The highest BCUT2D eigenvalue weighted by Gasteiger charge is 2.35. The average Bonchev–Trinajstić information content (AvgIpc) is 2.62. The van der Waals surface area contributed by atoms with Gasteiger partial charge in [0, 0.05) is 45.0 Å². The molecule has 0 radical (unpaired) electrons. The molecule has 0 aliphatic carbocycles. The van der Waals surface area contributed by atoms with Crippen LogP contribution in [0.15, 0.2) is 18.2 Å². The lowest BCUT2D eigenvalue weighted by molar-refractivity contribution is 0.0696. The van der Waals surface area contributed by atoms with Gasteiger partial charge in [-0.3, -0.25) is 0 Å². The van der Waals surface area contributed by atoms with Crippen LogP contribution in [-0.4, -0.2) is 74.5 Å². The number of anilines is 1. The van der Waals surface area contributed by atoms with E-state index < -0.39 is 10.2 Å². The van der Waals surface area contributed by atoms with Crippen molar-refractivity contribution in [2.45, 2.75) is 25.8 Å². The van der Waals surface area contributed by atoms with Crippen molar-refractivity contribution in [3.63, 3.8) is 0 Å². The molecule has 8 heteroatoms. The van der Waals surface area contributed by atoms with Crippen LogP contribution in [0.3, 0.4) is 0 Å². The minimum atomic E-state index is -3.44. The summed E-state index contributed by atoms with van der Waals surface area (Å²) in [6.07, 6.45) is 1.84. The Morgan fingerprint density at radius 3 is 2.71 bits per heavy atom. The highest BCUT2D eigenvalue weighted by Crippen LogP contribution is 2.23. The van der Waals surface area contributed by atoms with Crippen LogP contribution in [0.25, 0.3) is 0 Å².